The molecule has 0 amide bonds. The fraction of sp³-hybridized carbons (Fsp3) is 0.194. The van der Waals surface area contributed by atoms with Crippen LogP contribution in [0.4, 0.5) is 0 Å². The predicted molar refractivity (Wildman–Crippen MR) is 169 cm³/mol. The number of nitrogens with zero attached hydrogens (tertiary/aromatic N) is 2. The lowest BCUT2D eigenvalue weighted by Gasteiger charge is -2.24. The van der Waals surface area contributed by atoms with E-state index in [1.807, 2.05) is 79.1 Å². The van der Waals surface area contributed by atoms with Crippen LogP contribution in [0.25, 0.3) is 6.08 Å². The Morgan fingerprint density at radius 3 is 2.61 bits per heavy atom. The zero-order valence-electron chi connectivity index (χ0n) is 22.5. The Morgan fingerprint density at radius 1 is 1.17 bits per heavy atom. The molecule has 1 atom stereocenters. The lowest BCUT2D eigenvalue weighted by molar-refractivity contribution is -0.139. The molecule has 1 aliphatic rings. The second-order valence-electron chi connectivity index (χ2n) is 9.15. The molecule has 1 aliphatic heterocycles. The fourth-order valence-corrected chi connectivity index (χ4v) is 6.70. The molecule has 4 aromatic rings. The molecule has 1 aromatic heterocycles. The third-order valence-corrected chi connectivity index (χ3v) is 9.26. The molecule has 0 fully saturated rings. The van der Waals surface area contributed by atoms with E-state index in [1.54, 1.807) is 30.2 Å². The summed E-state index contributed by atoms with van der Waals surface area (Å²) in [5.74, 6) is 0.185. The minimum Gasteiger partial charge on any atom is -0.488 e. The van der Waals surface area contributed by atoms with E-state index in [1.165, 1.54) is 11.3 Å². The number of fused-ring (bicyclic) bond motifs is 1. The van der Waals surface area contributed by atoms with Gasteiger partial charge in [0.15, 0.2) is 4.80 Å². The van der Waals surface area contributed by atoms with Crippen molar-refractivity contribution in [1.29, 1.82) is 0 Å². The predicted octanol–water partition coefficient (Wildman–Crippen LogP) is 6.52. The van der Waals surface area contributed by atoms with Gasteiger partial charge in [0.05, 0.1) is 32.9 Å². The summed E-state index contributed by atoms with van der Waals surface area (Å²) >= 11 is 12.8. The van der Waals surface area contributed by atoms with Crippen molar-refractivity contribution in [2.75, 3.05) is 12.9 Å². The maximum absolute atomic E-state index is 13.9. The summed E-state index contributed by atoms with van der Waals surface area (Å²) in [7, 11) is 0. The summed E-state index contributed by atoms with van der Waals surface area (Å²) in [6.07, 6.45) is 3.83. The molecule has 0 unspecified atom stereocenters. The van der Waals surface area contributed by atoms with Crippen molar-refractivity contribution >= 4 is 62.7 Å². The van der Waals surface area contributed by atoms with Crippen LogP contribution in [0.15, 0.2) is 97.2 Å². The number of hydrogen-bond donors (Lipinski definition) is 0. The summed E-state index contributed by atoms with van der Waals surface area (Å²) in [6.45, 7) is 4.10. The van der Waals surface area contributed by atoms with Crippen molar-refractivity contribution in [1.82, 2.24) is 4.57 Å². The van der Waals surface area contributed by atoms with Gasteiger partial charge in [0.25, 0.3) is 5.56 Å². The van der Waals surface area contributed by atoms with E-state index in [0.29, 0.717) is 38.0 Å². The van der Waals surface area contributed by atoms with E-state index < -0.39 is 12.0 Å². The van der Waals surface area contributed by atoms with Crippen LogP contribution in [0, 0.1) is 0 Å². The molecule has 10 heteroatoms. The first kappa shape index (κ1) is 29.4. The fourth-order valence-electron chi connectivity index (χ4n) is 4.54. The van der Waals surface area contributed by atoms with Gasteiger partial charge < -0.3 is 9.47 Å². The number of thioether (sulfide) groups is 1. The molecule has 2 heterocycles. The van der Waals surface area contributed by atoms with Crippen LogP contribution in [-0.4, -0.2) is 23.4 Å². The first-order chi connectivity index (χ1) is 19.8. The highest BCUT2D eigenvalue weighted by Crippen LogP contribution is 2.32. The minimum absolute atomic E-state index is 0.225. The molecule has 0 N–H and O–H groups in total. The first-order valence-corrected chi connectivity index (χ1v) is 16.0. The Labute approximate surface area is 259 Å². The molecule has 41 heavy (non-hydrogen) atoms. The number of carbonyl (C=O) groups is 1. The number of aromatic nitrogens is 1. The highest BCUT2D eigenvalue weighted by molar-refractivity contribution is 9.10. The second kappa shape index (κ2) is 12.8. The first-order valence-electron chi connectivity index (χ1n) is 12.8. The third kappa shape index (κ3) is 6.23. The number of rotatable bonds is 8. The molecule has 3 aromatic carbocycles. The molecule has 0 spiro atoms. The molecule has 210 valence electrons. The van der Waals surface area contributed by atoms with Gasteiger partial charge in [-0.05, 0) is 83.6 Å². The van der Waals surface area contributed by atoms with Gasteiger partial charge in [-0.2, -0.15) is 0 Å². The number of benzene rings is 3. The van der Waals surface area contributed by atoms with Crippen molar-refractivity contribution in [3.8, 4) is 5.75 Å². The number of halogens is 2. The maximum Gasteiger partial charge on any atom is 0.338 e. The molecular weight excluding hydrogens is 644 g/mol. The zero-order chi connectivity index (χ0) is 29.1. The van der Waals surface area contributed by atoms with Crippen molar-refractivity contribution in [3.63, 3.8) is 0 Å². The van der Waals surface area contributed by atoms with E-state index in [0.717, 1.165) is 26.1 Å². The summed E-state index contributed by atoms with van der Waals surface area (Å²) in [5.41, 5.74) is 3.20. The summed E-state index contributed by atoms with van der Waals surface area (Å²) in [4.78, 5) is 33.2. The lowest BCUT2D eigenvalue weighted by Crippen LogP contribution is -2.39. The quantitative estimate of drug-likeness (QED) is 0.158. The van der Waals surface area contributed by atoms with E-state index in [4.69, 9.17) is 21.1 Å². The highest BCUT2D eigenvalue weighted by atomic mass is 79.9. The van der Waals surface area contributed by atoms with E-state index >= 15 is 0 Å². The average Bonchev–Trinajstić information content (AvgIpc) is 3.26. The Balaban J connectivity index is 1.53. The maximum atomic E-state index is 13.9. The van der Waals surface area contributed by atoms with Crippen molar-refractivity contribution < 1.29 is 14.3 Å². The normalized spacial score (nSPS) is 15.0. The van der Waals surface area contributed by atoms with E-state index in [9.17, 15) is 9.59 Å². The topological polar surface area (TPSA) is 69.9 Å². The molecule has 0 aliphatic carbocycles. The molecule has 6 nitrogen and oxygen atoms in total. The van der Waals surface area contributed by atoms with Gasteiger partial charge in [-0.1, -0.05) is 59.3 Å². The van der Waals surface area contributed by atoms with Crippen LogP contribution in [0.3, 0.4) is 0 Å². The SMILES string of the molecule is CCOC(=O)C1=C(C)N=c2s/c(=C\c3ccc(OCc4ccccc4Cl)c(Br)c3)c(=O)n2[C@@H]1c1ccc(SC)cc1. The van der Waals surface area contributed by atoms with Gasteiger partial charge >= 0.3 is 5.97 Å². The van der Waals surface area contributed by atoms with Crippen LogP contribution in [0.5, 0.6) is 5.75 Å². The molecular formula is C31H26BrClN2O4S2. The third-order valence-electron chi connectivity index (χ3n) is 6.54. The number of allylic oxidation sites excluding steroid dienone is 1. The van der Waals surface area contributed by atoms with Gasteiger partial charge in [-0.3, -0.25) is 9.36 Å². The Kier molecular flexibility index (Phi) is 9.19. The van der Waals surface area contributed by atoms with Crippen LogP contribution in [0.1, 0.15) is 36.6 Å². The van der Waals surface area contributed by atoms with Crippen LogP contribution in [0.2, 0.25) is 5.02 Å². The molecule has 0 saturated carbocycles. The number of esters is 1. The van der Waals surface area contributed by atoms with Crippen LogP contribution >= 0.6 is 50.6 Å². The number of ether oxygens (including phenoxy) is 2. The monoisotopic (exact) mass is 668 g/mol. The van der Waals surface area contributed by atoms with Gasteiger partial charge in [0, 0.05) is 15.5 Å². The molecule has 5 rings (SSSR count). The van der Waals surface area contributed by atoms with Crippen molar-refractivity contribution in [2.45, 2.75) is 31.4 Å². The average molecular weight is 670 g/mol. The number of hydrogen-bond acceptors (Lipinski definition) is 7. The molecule has 0 radical (unpaired) electrons. The highest BCUT2D eigenvalue weighted by Gasteiger charge is 2.33. The smallest absolute Gasteiger partial charge is 0.338 e. The Hall–Kier alpha value is -3.11. The zero-order valence-corrected chi connectivity index (χ0v) is 26.5. The minimum atomic E-state index is -0.643. The Bertz CT molecular complexity index is 1830. The van der Waals surface area contributed by atoms with Crippen molar-refractivity contribution in [2.24, 2.45) is 4.99 Å². The van der Waals surface area contributed by atoms with Crippen molar-refractivity contribution in [3.05, 3.63) is 124 Å². The van der Waals surface area contributed by atoms with Gasteiger partial charge in [0.1, 0.15) is 12.4 Å². The summed E-state index contributed by atoms with van der Waals surface area (Å²) in [6, 6.07) is 20.4. The van der Waals surface area contributed by atoms with Crippen LogP contribution in [-0.2, 0) is 16.1 Å². The molecule has 0 saturated heterocycles. The van der Waals surface area contributed by atoms with Gasteiger partial charge in [0.2, 0.25) is 0 Å². The standard InChI is InChI=1S/C31H26BrClN2O4S2/c1-4-38-30(37)27-18(2)34-31-35(28(27)20-10-12-22(40-3)13-11-20)29(36)26(41-31)16-19-9-14-25(23(32)15-19)39-17-21-7-5-6-8-24(21)33/h5-16,28H,4,17H2,1-3H3/b26-16-/t28-/m1/s1. The van der Waals surface area contributed by atoms with Crippen LogP contribution < -0.4 is 19.6 Å². The number of carbonyl (C=O) groups excluding carboxylic acids is 1. The largest absolute Gasteiger partial charge is 0.488 e. The lowest BCUT2D eigenvalue weighted by atomic mass is 9.96. The Morgan fingerprint density at radius 2 is 1.93 bits per heavy atom. The van der Waals surface area contributed by atoms with E-state index in [-0.39, 0.29) is 12.2 Å². The van der Waals surface area contributed by atoms with Gasteiger partial charge in [-0.15, -0.1) is 11.8 Å². The molecule has 0 bridgehead atoms. The van der Waals surface area contributed by atoms with Gasteiger partial charge in [-0.25, -0.2) is 9.79 Å². The van der Waals surface area contributed by atoms with E-state index in [2.05, 4.69) is 20.9 Å². The second-order valence-corrected chi connectivity index (χ2v) is 12.3. The summed E-state index contributed by atoms with van der Waals surface area (Å²) < 4.78 is 14.2. The number of thiazole rings is 1. The summed E-state index contributed by atoms with van der Waals surface area (Å²) in [5, 5.41) is 0.649.